The van der Waals surface area contributed by atoms with Crippen LogP contribution >= 0.6 is 0 Å². The largest absolute Gasteiger partial charge is 0.338 e. The topological polar surface area (TPSA) is 110 Å². The minimum Gasteiger partial charge on any atom is -0.338 e. The van der Waals surface area contributed by atoms with E-state index in [0.717, 1.165) is 12.8 Å². The molecule has 2 aliphatic rings. The van der Waals surface area contributed by atoms with Gasteiger partial charge in [-0.3, -0.25) is 4.79 Å². The van der Waals surface area contributed by atoms with E-state index in [4.69, 9.17) is 10.9 Å². The summed E-state index contributed by atoms with van der Waals surface area (Å²) < 4.78 is 23.3. The fourth-order valence-corrected chi connectivity index (χ4v) is 2.48. The lowest BCUT2D eigenvalue weighted by atomic mass is 10.2. The molecule has 1 heterocycles. The van der Waals surface area contributed by atoms with Gasteiger partial charge in [-0.2, -0.15) is 12.7 Å². The van der Waals surface area contributed by atoms with Crippen LogP contribution in [0.5, 0.6) is 0 Å². The molecule has 16 heavy (non-hydrogen) atoms. The Labute approximate surface area is 94.5 Å². The Balaban J connectivity index is 1.93. The fraction of sp³-hybridized carbons (Fsp3) is 0.875. The highest BCUT2D eigenvalue weighted by atomic mass is 32.2. The van der Waals surface area contributed by atoms with Gasteiger partial charge in [0.25, 0.3) is 10.2 Å². The van der Waals surface area contributed by atoms with Gasteiger partial charge in [-0.25, -0.2) is 5.14 Å². The highest BCUT2D eigenvalue weighted by Gasteiger charge is 2.48. The second-order valence-corrected chi connectivity index (χ2v) is 5.94. The van der Waals surface area contributed by atoms with Gasteiger partial charge in [0.2, 0.25) is 5.91 Å². The predicted octanol–water partition coefficient (Wildman–Crippen LogP) is -2.17. The van der Waals surface area contributed by atoms with E-state index in [-0.39, 0.29) is 19.0 Å². The zero-order valence-electron chi connectivity index (χ0n) is 8.92. The summed E-state index contributed by atoms with van der Waals surface area (Å²) >= 11 is 0. The monoisotopic (exact) mass is 248 g/mol. The van der Waals surface area contributed by atoms with E-state index in [1.807, 2.05) is 0 Å². The number of carbonyl (C=O) groups excluding carboxylic acids is 1. The molecule has 1 aliphatic carbocycles. The normalized spacial score (nSPS) is 25.5. The summed E-state index contributed by atoms with van der Waals surface area (Å²) in [5, 5.41) is 5.00. The number of nitrogens with zero attached hydrogens (tertiary/aromatic N) is 2. The Bertz CT molecular complexity index is 396. The summed E-state index contributed by atoms with van der Waals surface area (Å²) in [5.74, 6) is -0.0680. The third-order valence-electron chi connectivity index (χ3n) is 3.10. The van der Waals surface area contributed by atoms with Crippen molar-refractivity contribution < 1.29 is 13.2 Å². The van der Waals surface area contributed by atoms with Crippen LogP contribution in [0.15, 0.2) is 0 Å². The van der Waals surface area contributed by atoms with Crippen LogP contribution in [0.1, 0.15) is 12.8 Å². The highest BCUT2D eigenvalue weighted by Crippen LogP contribution is 2.34. The van der Waals surface area contributed by atoms with Crippen molar-refractivity contribution in [3.05, 3.63) is 0 Å². The number of piperazine rings is 1. The lowest BCUT2D eigenvalue weighted by Crippen LogP contribution is -2.56. The Kier molecular flexibility index (Phi) is 2.69. The zero-order valence-corrected chi connectivity index (χ0v) is 9.74. The molecule has 0 bridgehead atoms. The molecule has 0 aromatic heterocycles. The maximum atomic E-state index is 11.8. The Morgan fingerprint density at radius 2 is 1.62 bits per heavy atom. The minimum atomic E-state index is -3.63. The quantitative estimate of drug-likeness (QED) is 0.579. The molecule has 0 atom stereocenters. The molecule has 8 heteroatoms. The van der Waals surface area contributed by atoms with Gasteiger partial charge in [-0.05, 0) is 12.8 Å². The SMILES string of the molecule is NC1(C(=O)N2CCN(S(N)(=O)=O)CC2)CC1. The molecular weight excluding hydrogens is 232 g/mol. The van der Waals surface area contributed by atoms with E-state index in [9.17, 15) is 13.2 Å². The molecule has 4 N–H and O–H groups in total. The van der Waals surface area contributed by atoms with Crippen molar-refractivity contribution in [2.24, 2.45) is 10.9 Å². The Morgan fingerprint density at radius 1 is 1.12 bits per heavy atom. The van der Waals surface area contributed by atoms with Crippen LogP contribution < -0.4 is 10.9 Å². The molecule has 1 aliphatic heterocycles. The minimum absolute atomic E-state index is 0.0680. The van der Waals surface area contributed by atoms with Gasteiger partial charge in [-0.1, -0.05) is 0 Å². The van der Waals surface area contributed by atoms with Gasteiger partial charge < -0.3 is 10.6 Å². The fourth-order valence-electron chi connectivity index (χ4n) is 1.81. The average Bonchev–Trinajstić information content (AvgIpc) is 2.96. The van der Waals surface area contributed by atoms with Crippen LogP contribution in [-0.4, -0.2) is 55.2 Å². The molecule has 0 aromatic rings. The third kappa shape index (κ3) is 2.19. The van der Waals surface area contributed by atoms with Crippen molar-refractivity contribution in [2.75, 3.05) is 26.2 Å². The maximum absolute atomic E-state index is 11.8. The number of carbonyl (C=O) groups is 1. The van der Waals surface area contributed by atoms with E-state index in [0.29, 0.717) is 13.1 Å². The summed E-state index contributed by atoms with van der Waals surface area (Å²) in [4.78, 5) is 13.5. The molecule has 0 radical (unpaired) electrons. The summed E-state index contributed by atoms with van der Waals surface area (Å²) in [6, 6.07) is 0. The summed E-state index contributed by atoms with van der Waals surface area (Å²) in [7, 11) is -3.63. The van der Waals surface area contributed by atoms with Gasteiger partial charge >= 0.3 is 0 Å². The molecule has 2 rings (SSSR count). The zero-order chi connectivity index (χ0) is 12.0. The van der Waals surface area contributed by atoms with Crippen molar-refractivity contribution in [1.29, 1.82) is 0 Å². The number of amides is 1. The molecule has 0 aromatic carbocycles. The molecule has 1 saturated heterocycles. The first-order valence-corrected chi connectivity index (χ1v) is 6.69. The Morgan fingerprint density at radius 3 is 2.00 bits per heavy atom. The van der Waals surface area contributed by atoms with Crippen molar-refractivity contribution in [3.8, 4) is 0 Å². The summed E-state index contributed by atoms with van der Waals surface area (Å²) in [5.41, 5.74) is 5.12. The van der Waals surface area contributed by atoms with Gasteiger partial charge in [0.05, 0.1) is 5.54 Å². The smallest absolute Gasteiger partial charge is 0.277 e. The molecule has 2 fully saturated rings. The van der Waals surface area contributed by atoms with Crippen molar-refractivity contribution in [3.63, 3.8) is 0 Å². The molecule has 92 valence electrons. The second kappa shape index (κ2) is 3.66. The maximum Gasteiger partial charge on any atom is 0.277 e. The second-order valence-electron chi connectivity index (χ2n) is 4.39. The highest BCUT2D eigenvalue weighted by molar-refractivity contribution is 7.86. The van der Waals surface area contributed by atoms with Gasteiger partial charge in [0, 0.05) is 26.2 Å². The lowest BCUT2D eigenvalue weighted by molar-refractivity contribution is -0.134. The van der Waals surface area contributed by atoms with E-state index >= 15 is 0 Å². The van der Waals surface area contributed by atoms with Crippen LogP contribution in [0.4, 0.5) is 0 Å². The van der Waals surface area contributed by atoms with Crippen LogP contribution in [0.3, 0.4) is 0 Å². The first kappa shape index (κ1) is 11.8. The van der Waals surface area contributed by atoms with Crippen LogP contribution in [0.25, 0.3) is 0 Å². The molecule has 1 saturated carbocycles. The van der Waals surface area contributed by atoms with Crippen LogP contribution in [-0.2, 0) is 15.0 Å². The number of rotatable bonds is 2. The number of nitrogens with two attached hydrogens (primary N) is 2. The lowest BCUT2D eigenvalue weighted by Gasteiger charge is -2.34. The van der Waals surface area contributed by atoms with Crippen LogP contribution in [0, 0.1) is 0 Å². The third-order valence-corrected chi connectivity index (χ3v) is 4.19. The summed E-state index contributed by atoms with van der Waals surface area (Å²) in [6.07, 6.45) is 1.45. The van der Waals surface area contributed by atoms with E-state index in [1.165, 1.54) is 4.31 Å². The van der Waals surface area contributed by atoms with Gasteiger partial charge in [0.15, 0.2) is 0 Å². The van der Waals surface area contributed by atoms with Gasteiger partial charge in [-0.15, -0.1) is 0 Å². The number of hydrogen-bond donors (Lipinski definition) is 2. The van der Waals surface area contributed by atoms with Crippen molar-refractivity contribution >= 4 is 16.1 Å². The van der Waals surface area contributed by atoms with E-state index in [2.05, 4.69) is 0 Å². The standard InChI is InChI=1S/C8H16N4O3S/c9-8(1-2-8)7(13)11-3-5-12(6-4-11)16(10,14)15/h1-6,9H2,(H2,10,14,15). The molecule has 1 amide bonds. The van der Waals surface area contributed by atoms with Crippen LogP contribution in [0.2, 0.25) is 0 Å². The molecule has 0 spiro atoms. The van der Waals surface area contributed by atoms with Crippen molar-refractivity contribution in [2.45, 2.75) is 18.4 Å². The number of hydrogen-bond acceptors (Lipinski definition) is 4. The van der Waals surface area contributed by atoms with Gasteiger partial charge in [0.1, 0.15) is 0 Å². The van der Waals surface area contributed by atoms with Crippen molar-refractivity contribution in [1.82, 2.24) is 9.21 Å². The first-order valence-electron chi connectivity index (χ1n) is 5.19. The molecule has 0 unspecified atom stereocenters. The predicted molar refractivity (Wildman–Crippen MR) is 57.4 cm³/mol. The van der Waals surface area contributed by atoms with E-state index < -0.39 is 15.7 Å². The first-order chi connectivity index (χ1) is 7.33. The summed E-state index contributed by atoms with van der Waals surface area (Å²) in [6.45, 7) is 1.24. The van der Waals surface area contributed by atoms with E-state index in [1.54, 1.807) is 4.90 Å². The Hall–Kier alpha value is -0.700. The molecule has 7 nitrogen and oxygen atoms in total. The molecular formula is C8H16N4O3S. The average molecular weight is 248 g/mol.